The molecule has 0 saturated carbocycles. The van der Waals surface area contributed by atoms with Gasteiger partial charge in [-0.2, -0.15) is 0 Å². The first-order chi connectivity index (χ1) is 17.3. The van der Waals surface area contributed by atoms with E-state index in [9.17, 15) is 0 Å². The van der Waals surface area contributed by atoms with Gasteiger partial charge in [0.1, 0.15) is 0 Å². The van der Waals surface area contributed by atoms with E-state index in [1.165, 1.54) is 100 Å². The second-order valence-electron chi connectivity index (χ2n) is 10.2. The Hall–Kier alpha value is -1.62. The Kier molecular flexibility index (Phi) is 15.1. The summed E-state index contributed by atoms with van der Waals surface area (Å²) in [7, 11) is 3.30. The number of rotatable bonds is 17. The van der Waals surface area contributed by atoms with E-state index in [0.29, 0.717) is 5.92 Å². The highest BCUT2D eigenvalue weighted by molar-refractivity contribution is 7.19. The quantitative estimate of drug-likeness (QED) is 0.122. The standard InChI is InChI=1S/C34H47P.ClH/c1-2-3-4-5-6-7-8-9-10-11-12-22-29-33(30-23-16-13-17-24-30)34(35,31-25-18-14-19-26-31)32-27-20-15-21-28-32;/h13-21,23-28,33H,2-12,22,29,35H2,1H3;1H. The Labute approximate surface area is 230 Å². The first kappa shape index (κ1) is 30.6. The van der Waals surface area contributed by atoms with Crippen LogP contribution in [0.25, 0.3) is 0 Å². The van der Waals surface area contributed by atoms with Crippen LogP contribution in [0.3, 0.4) is 0 Å². The van der Waals surface area contributed by atoms with E-state index < -0.39 is 0 Å². The summed E-state index contributed by atoms with van der Waals surface area (Å²) in [5, 5.41) is -0.137. The van der Waals surface area contributed by atoms with Crippen LogP contribution in [0.2, 0.25) is 0 Å². The molecule has 0 aliphatic rings. The highest BCUT2D eigenvalue weighted by Gasteiger charge is 2.38. The lowest BCUT2D eigenvalue weighted by atomic mass is 9.74. The molecule has 0 radical (unpaired) electrons. The maximum absolute atomic E-state index is 3.30. The van der Waals surface area contributed by atoms with Crippen molar-refractivity contribution in [2.45, 2.75) is 101 Å². The molecule has 0 amide bonds. The van der Waals surface area contributed by atoms with E-state index >= 15 is 0 Å². The monoisotopic (exact) mass is 522 g/mol. The largest absolute Gasteiger partial charge is 0.147 e. The number of benzene rings is 3. The number of unbranched alkanes of at least 4 members (excludes halogenated alkanes) is 11. The molecular formula is C34H48ClP. The van der Waals surface area contributed by atoms with Crippen molar-refractivity contribution >= 4 is 21.6 Å². The van der Waals surface area contributed by atoms with Gasteiger partial charge in [0, 0.05) is 11.1 Å². The maximum Gasteiger partial charge on any atom is 0.0412 e. The third kappa shape index (κ3) is 9.36. The van der Waals surface area contributed by atoms with Crippen LogP contribution in [-0.2, 0) is 5.16 Å². The third-order valence-electron chi connectivity index (χ3n) is 7.60. The van der Waals surface area contributed by atoms with Crippen molar-refractivity contribution in [3.05, 3.63) is 108 Å². The molecule has 0 aromatic heterocycles. The highest BCUT2D eigenvalue weighted by atomic mass is 35.5. The van der Waals surface area contributed by atoms with Gasteiger partial charge < -0.3 is 0 Å². The van der Waals surface area contributed by atoms with E-state index in [1.54, 1.807) is 0 Å². The van der Waals surface area contributed by atoms with E-state index in [0.717, 1.165) is 0 Å². The molecule has 3 aromatic carbocycles. The molecule has 36 heavy (non-hydrogen) atoms. The zero-order valence-electron chi connectivity index (χ0n) is 22.4. The molecule has 0 spiro atoms. The van der Waals surface area contributed by atoms with Gasteiger partial charge in [-0.25, -0.2) is 0 Å². The van der Waals surface area contributed by atoms with Crippen molar-refractivity contribution < 1.29 is 0 Å². The van der Waals surface area contributed by atoms with Crippen molar-refractivity contribution in [3.63, 3.8) is 0 Å². The molecular weight excluding hydrogens is 475 g/mol. The summed E-state index contributed by atoms with van der Waals surface area (Å²) >= 11 is 0. The second kappa shape index (κ2) is 17.8. The molecule has 0 N–H and O–H groups in total. The molecule has 0 fully saturated rings. The summed E-state index contributed by atoms with van der Waals surface area (Å²) in [6.45, 7) is 2.30. The van der Waals surface area contributed by atoms with Gasteiger partial charge in [-0.1, -0.05) is 175 Å². The molecule has 2 unspecified atom stereocenters. The van der Waals surface area contributed by atoms with Crippen LogP contribution >= 0.6 is 21.6 Å². The highest BCUT2D eigenvalue weighted by Crippen LogP contribution is 2.51. The molecule has 0 aliphatic heterocycles. The number of halogens is 1. The summed E-state index contributed by atoms with van der Waals surface area (Å²) in [5.74, 6) is 0.418. The van der Waals surface area contributed by atoms with Crippen LogP contribution in [0.5, 0.6) is 0 Å². The predicted octanol–water partition coefficient (Wildman–Crippen LogP) is 11.1. The molecule has 3 rings (SSSR count). The smallest absolute Gasteiger partial charge is 0.0412 e. The summed E-state index contributed by atoms with van der Waals surface area (Å²) in [6.07, 6.45) is 17.9. The van der Waals surface area contributed by atoms with Crippen LogP contribution in [0.15, 0.2) is 91.0 Å². The van der Waals surface area contributed by atoms with Crippen molar-refractivity contribution in [1.82, 2.24) is 0 Å². The fourth-order valence-electron chi connectivity index (χ4n) is 5.53. The number of hydrogen-bond acceptors (Lipinski definition) is 0. The van der Waals surface area contributed by atoms with E-state index in [1.807, 2.05) is 0 Å². The summed E-state index contributed by atoms with van der Waals surface area (Å²) < 4.78 is 0. The summed E-state index contributed by atoms with van der Waals surface area (Å²) in [5.41, 5.74) is 4.20. The van der Waals surface area contributed by atoms with E-state index in [-0.39, 0.29) is 17.6 Å². The fourth-order valence-corrected chi connectivity index (χ4v) is 6.27. The van der Waals surface area contributed by atoms with Gasteiger partial charge in [-0.3, -0.25) is 0 Å². The summed E-state index contributed by atoms with van der Waals surface area (Å²) in [6, 6.07) is 33.4. The third-order valence-corrected chi connectivity index (χ3v) is 8.67. The number of hydrogen-bond donors (Lipinski definition) is 0. The predicted molar refractivity (Wildman–Crippen MR) is 165 cm³/mol. The van der Waals surface area contributed by atoms with Gasteiger partial charge in [0.05, 0.1) is 0 Å². The van der Waals surface area contributed by atoms with Crippen molar-refractivity contribution in [3.8, 4) is 0 Å². The normalized spacial score (nSPS) is 12.2. The minimum absolute atomic E-state index is 0. The molecule has 2 atom stereocenters. The lowest BCUT2D eigenvalue weighted by Crippen LogP contribution is -2.29. The molecule has 0 bridgehead atoms. The van der Waals surface area contributed by atoms with Crippen LogP contribution in [-0.4, -0.2) is 0 Å². The van der Waals surface area contributed by atoms with Crippen LogP contribution < -0.4 is 0 Å². The minimum atomic E-state index is -0.137. The van der Waals surface area contributed by atoms with Gasteiger partial charge in [0.15, 0.2) is 0 Å². The van der Waals surface area contributed by atoms with Gasteiger partial charge in [-0.15, -0.1) is 21.6 Å². The van der Waals surface area contributed by atoms with Crippen molar-refractivity contribution in [2.24, 2.45) is 0 Å². The Balaban J connectivity index is 0.00000456. The van der Waals surface area contributed by atoms with E-state index in [2.05, 4.69) is 107 Å². The lowest BCUT2D eigenvalue weighted by molar-refractivity contribution is 0.476. The topological polar surface area (TPSA) is 0 Å². The SMILES string of the molecule is CCCCCCCCCCCCCCC(c1ccccc1)C(P)(c1ccccc1)c1ccccc1.Cl. The molecule has 0 heterocycles. The van der Waals surface area contributed by atoms with Gasteiger partial charge in [0.25, 0.3) is 0 Å². The molecule has 0 aliphatic carbocycles. The average Bonchev–Trinajstić information content (AvgIpc) is 2.92. The van der Waals surface area contributed by atoms with Crippen LogP contribution in [0.4, 0.5) is 0 Å². The first-order valence-corrected chi connectivity index (χ1v) is 14.8. The average molecular weight is 523 g/mol. The van der Waals surface area contributed by atoms with Crippen molar-refractivity contribution in [2.75, 3.05) is 0 Å². The zero-order chi connectivity index (χ0) is 24.6. The second-order valence-corrected chi connectivity index (χ2v) is 11.2. The van der Waals surface area contributed by atoms with Gasteiger partial charge in [-0.05, 0) is 23.1 Å². The zero-order valence-corrected chi connectivity index (χ0v) is 24.4. The van der Waals surface area contributed by atoms with Gasteiger partial charge in [0.2, 0.25) is 0 Å². The first-order valence-electron chi connectivity index (χ1n) is 14.2. The summed E-state index contributed by atoms with van der Waals surface area (Å²) in [4.78, 5) is 0. The molecule has 0 saturated heterocycles. The molecule has 3 aromatic rings. The Morgan fingerprint density at radius 1 is 0.528 bits per heavy atom. The van der Waals surface area contributed by atoms with Crippen molar-refractivity contribution in [1.29, 1.82) is 0 Å². The molecule has 196 valence electrons. The molecule has 0 nitrogen and oxygen atoms in total. The van der Waals surface area contributed by atoms with Crippen LogP contribution in [0, 0.1) is 0 Å². The maximum atomic E-state index is 3.30. The fraction of sp³-hybridized carbons (Fsp3) is 0.471. The Morgan fingerprint density at radius 3 is 1.31 bits per heavy atom. The van der Waals surface area contributed by atoms with Crippen LogP contribution in [0.1, 0.15) is 113 Å². The van der Waals surface area contributed by atoms with E-state index in [4.69, 9.17) is 0 Å². The molecule has 2 heteroatoms. The lowest BCUT2D eigenvalue weighted by Gasteiger charge is -2.39. The Morgan fingerprint density at radius 2 is 0.889 bits per heavy atom. The Bertz CT molecular complexity index is 870. The minimum Gasteiger partial charge on any atom is -0.147 e. The van der Waals surface area contributed by atoms with Gasteiger partial charge >= 0.3 is 0 Å².